The lowest BCUT2D eigenvalue weighted by atomic mass is 9.82. The number of methoxy groups -OCH3 is 2. The van der Waals surface area contributed by atoms with Crippen LogP contribution in [0.4, 0.5) is 5.69 Å². The fourth-order valence-corrected chi connectivity index (χ4v) is 8.04. The predicted molar refractivity (Wildman–Crippen MR) is 175 cm³/mol. The van der Waals surface area contributed by atoms with E-state index in [4.69, 9.17) is 18.9 Å². The highest BCUT2D eigenvalue weighted by atomic mass is 32.2. The standard InChI is InChI=1S/C35H46N2O7S/c1-25-6-13-31(14-7-25)45(39,40)37-23-35(32(22-29(37)20-26(2)38)28-9-11-30(42-4)12-10-28)44-24-27-8-15-34-33(21-27)36(17-19-43-34)16-5-18-41-3/h6-15,21,26,29,32,35,38H,5,16-20,22-24H2,1-4H3/t26-,29-,32+,35-/m0/s1. The Morgan fingerprint density at radius 2 is 1.80 bits per heavy atom. The van der Waals surface area contributed by atoms with E-state index in [2.05, 4.69) is 11.0 Å². The summed E-state index contributed by atoms with van der Waals surface area (Å²) in [5, 5.41) is 10.4. The largest absolute Gasteiger partial charge is 0.497 e. The van der Waals surface area contributed by atoms with E-state index in [1.54, 1.807) is 37.6 Å². The lowest BCUT2D eigenvalue weighted by molar-refractivity contribution is -0.0254. The van der Waals surface area contributed by atoms with Crippen molar-refractivity contribution in [2.24, 2.45) is 0 Å². The van der Waals surface area contributed by atoms with Crippen molar-refractivity contribution in [3.8, 4) is 11.5 Å². The highest BCUT2D eigenvalue weighted by molar-refractivity contribution is 7.89. The van der Waals surface area contributed by atoms with Gasteiger partial charge in [0.05, 0.1) is 43.1 Å². The fraction of sp³-hybridized carbons (Fsp3) is 0.486. The predicted octanol–water partition coefficient (Wildman–Crippen LogP) is 5.14. The molecule has 2 aliphatic rings. The molecule has 3 aromatic carbocycles. The summed E-state index contributed by atoms with van der Waals surface area (Å²) in [7, 11) is -0.497. The molecule has 0 saturated carbocycles. The molecular weight excluding hydrogens is 592 g/mol. The molecule has 2 heterocycles. The molecule has 0 unspecified atom stereocenters. The number of piperidine rings is 1. The average molecular weight is 639 g/mol. The maximum Gasteiger partial charge on any atom is 0.243 e. The number of aliphatic hydroxyl groups excluding tert-OH is 1. The summed E-state index contributed by atoms with van der Waals surface area (Å²) < 4.78 is 53.0. The zero-order chi connectivity index (χ0) is 32.0. The Kier molecular flexibility index (Phi) is 11.0. The second-order valence-electron chi connectivity index (χ2n) is 12.1. The molecule has 5 rings (SSSR count). The van der Waals surface area contributed by atoms with Gasteiger partial charge in [0.15, 0.2) is 0 Å². The van der Waals surface area contributed by atoms with E-state index < -0.39 is 28.3 Å². The number of rotatable bonds is 13. The van der Waals surface area contributed by atoms with Crippen LogP contribution in [0.3, 0.4) is 0 Å². The Hall–Kier alpha value is -3.15. The van der Waals surface area contributed by atoms with Crippen molar-refractivity contribution in [3.05, 3.63) is 83.4 Å². The maximum absolute atomic E-state index is 14.1. The van der Waals surface area contributed by atoms with Gasteiger partial charge in [-0.3, -0.25) is 0 Å². The molecule has 0 aliphatic carbocycles. The van der Waals surface area contributed by atoms with Crippen molar-refractivity contribution in [2.75, 3.05) is 52.0 Å². The lowest BCUT2D eigenvalue weighted by Gasteiger charge is -2.44. The molecule has 244 valence electrons. The second kappa shape index (κ2) is 15.0. The highest BCUT2D eigenvalue weighted by Crippen LogP contribution is 2.39. The van der Waals surface area contributed by atoms with Crippen LogP contribution >= 0.6 is 0 Å². The SMILES string of the molecule is COCCCN1CCOc2ccc(CO[C@H]3CN(S(=O)(=O)c4ccc(C)cc4)[C@@H](C[C@H](C)O)C[C@@H]3c3ccc(OC)cc3)cc21. The number of aliphatic hydroxyl groups is 1. The number of sulfonamides is 1. The van der Waals surface area contributed by atoms with Crippen LogP contribution < -0.4 is 14.4 Å². The van der Waals surface area contributed by atoms with Crippen LogP contribution in [0.15, 0.2) is 71.6 Å². The van der Waals surface area contributed by atoms with Gasteiger partial charge in [-0.2, -0.15) is 4.31 Å². The van der Waals surface area contributed by atoms with Crippen molar-refractivity contribution >= 4 is 15.7 Å². The summed E-state index contributed by atoms with van der Waals surface area (Å²) in [4.78, 5) is 2.56. The topological polar surface area (TPSA) is 97.8 Å². The smallest absolute Gasteiger partial charge is 0.243 e. The van der Waals surface area contributed by atoms with Crippen LogP contribution in [-0.2, 0) is 26.1 Å². The molecule has 0 aromatic heterocycles. The zero-order valence-corrected chi connectivity index (χ0v) is 27.5. The molecular formula is C35H46N2O7S. The molecule has 4 atom stereocenters. The molecule has 10 heteroatoms. The van der Waals surface area contributed by atoms with Crippen molar-refractivity contribution in [2.45, 2.75) is 68.8 Å². The van der Waals surface area contributed by atoms with Crippen molar-refractivity contribution < 1.29 is 32.5 Å². The minimum absolute atomic E-state index is 0.0874. The monoisotopic (exact) mass is 638 g/mol. The van der Waals surface area contributed by atoms with Gasteiger partial charge in [-0.25, -0.2) is 8.42 Å². The Labute approximate surface area is 267 Å². The quantitative estimate of drug-likeness (QED) is 0.257. The molecule has 3 aromatic rings. The number of hydrogen-bond acceptors (Lipinski definition) is 8. The molecule has 1 fully saturated rings. The minimum Gasteiger partial charge on any atom is -0.497 e. The molecule has 1 saturated heterocycles. The highest BCUT2D eigenvalue weighted by Gasteiger charge is 2.43. The Bertz CT molecular complexity index is 1500. The molecule has 0 radical (unpaired) electrons. The van der Waals surface area contributed by atoms with Crippen LogP contribution in [0, 0.1) is 6.92 Å². The summed E-state index contributed by atoms with van der Waals surface area (Å²) in [5.41, 5.74) is 4.06. The van der Waals surface area contributed by atoms with Crippen LogP contribution in [-0.4, -0.2) is 83.1 Å². The van der Waals surface area contributed by atoms with E-state index in [0.717, 1.165) is 53.4 Å². The van der Waals surface area contributed by atoms with E-state index in [0.29, 0.717) is 32.7 Å². The van der Waals surface area contributed by atoms with Gasteiger partial charge in [-0.1, -0.05) is 35.9 Å². The first-order chi connectivity index (χ1) is 21.7. The number of benzene rings is 3. The molecule has 0 spiro atoms. The van der Waals surface area contributed by atoms with Gasteiger partial charge in [0.1, 0.15) is 18.1 Å². The first-order valence-electron chi connectivity index (χ1n) is 15.7. The molecule has 2 aliphatic heterocycles. The third-order valence-electron chi connectivity index (χ3n) is 8.75. The summed E-state index contributed by atoms with van der Waals surface area (Å²) in [6.07, 6.45) is 0.673. The maximum atomic E-state index is 14.1. The molecule has 9 nitrogen and oxygen atoms in total. The molecule has 45 heavy (non-hydrogen) atoms. The van der Waals surface area contributed by atoms with E-state index in [9.17, 15) is 13.5 Å². The van der Waals surface area contributed by atoms with Gasteiger partial charge in [0, 0.05) is 38.8 Å². The summed E-state index contributed by atoms with van der Waals surface area (Å²) >= 11 is 0. The number of aryl methyl sites for hydroxylation is 1. The number of anilines is 1. The third kappa shape index (κ3) is 7.99. The first-order valence-corrected chi connectivity index (χ1v) is 17.2. The minimum atomic E-state index is -3.85. The third-order valence-corrected chi connectivity index (χ3v) is 10.7. The van der Waals surface area contributed by atoms with E-state index in [1.165, 1.54) is 0 Å². The lowest BCUT2D eigenvalue weighted by Crippen LogP contribution is -2.53. The normalized spacial score (nSPS) is 21.2. The first kappa shape index (κ1) is 33.2. The second-order valence-corrected chi connectivity index (χ2v) is 14.0. The molecule has 0 bridgehead atoms. The van der Waals surface area contributed by atoms with Crippen molar-refractivity contribution in [1.82, 2.24) is 4.31 Å². The van der Waals surface area contributed by atoms with Gasteiger partial charge >= 0.3 is 0 Å². The fourth-order valence-electron chi connectivity index (χ4n) is 6.38. The summed E-state index contributed by atoms with van der Waals surface area (Å²) in [6.45, 7) is 7.13. The van der Waals surface area contributed by atoms with Gasteiger partial charge in [-0.05, 0) is 80.6 Å². The van der Waals surface area contributed by atoms with Gasteiger partial charge in [0.25, 0.3) is 0 Å². The van der Waals surface area contributed by atoms with Crippen LogP contribution in [0.2, 0.25) is 0 Å². The molecule has 1 N–H and O–H groups in total. The van der Waals surface area contributed by atoms with E-state index >= 15 is 0 Å². The van der Waals surface area contributed by atoms with Gasteiger partial charge in [-0.15, -0.1) is 0 Å². The van der Waals surface area contributed by atoms with E-state index in [1.807, 2.05) is 55.5 Å². The van der Waals surface area contributed by atoms with Crippen LogP contribution in [0.25, 0.3) is 0 Å². The van der Waals surface area contributed by atoms with E-state index in [-0.39, 0.29) is 17.4 Å². The van der Waals surface area contributed by atoms with Crippen molar-refractivity contribution in [1.29, 1.82) is 0 Å². The number of fused-ring (bicyclic) bond motifs is 1. The number of ether oxygens (including phenoxy) is 4. The average Bonchev–Trinajstić information content (AvgIpc) is 3.04. The Balaban J connectivity index is 1.44. The summed E-state index contributed by atoms with van der Waals surface area (Å²) in [5.74, 6) is 1.52. The summed E-state index contributed by atoms with van der Waals surface area (Å²) in [6, 6.07) is 20.6. The molecule has 0 amide bonds. The van der Waals surface area contributed by atoms with Crippen molar-refractivity contribution in [3.63, 3.8) is 0 Å². The van der Waals surface area contributed by atoms with Crippen LogP contribution in [0.5, 0.6) is 11.5 Å². The van der Waals surface area contributed by atoms with Crippen LogP contribution in [0.1, 0.15) is 48.8 Å². The van der Waals surface area contributed by atoms with Gasteiger partial charge in [0.2, 0.25) is 10.0 Å². The van der Waals surface area contributed by atoms with Gasteiger partial charge < -0.3 is 29.0 Å². The number of hydrogen-bond donors (Lipinski definition) is 1. The zero-order valence-electron chi connectivity index (χ0n) is 26.7. The number of nitrogens with zero attached hydrogens (tertiary/aromatic N) is 2. The Morgan fingerprint density at radius 1 is 1.04 bits per heavy atom. The Morgan fingerprint density at radius 3 is 2.49 bits per heavy atom.